The molecular weight excluding hydrogens is 176 g/mol. The van der Waals surface area contributed by atoms with Gasteiger partial charge in [0.2, 0.25) is 0 Å². The molecule has 2 aliphatic carbocycles. The first-order chi connectivity index (χ1) is 6.83. The van der Waals surface area contributed by atoms with Crippen LogP contribution in [0.15, 0.2) is 0 Å². The molecule has 0 aromatic carbocycles. The maximum atomic E-state index is 5.55. The molecule has 82 valence electrons. The van der Waals surface area contributed by atoms with Gasteiger partial charge in [0.1, 0.15) is 0 Å². The summed E-state index contributed by atoms with van der Waals surface area (Å²) in [5, 5.41) is 0. The summed E-state index contributed by atoms with van der Waals surface area (Å²) in [6.45, 7) is 2.93. The normalized spacial score (nSPS) is 33.9. The van der Waals surface area contributed by atoms with Crippen LogP contribution >= 0.6 is 0 Å². The molecule has 2 fully saturated rings. The lowest BCUT2D eigenvalue weighted by atomic mass is 9.77. The lowest BCUT2D eigenvalue weighted by Gasteiger charge is -2.37. The van der Waals surface area contributed by atoms with E-state index in [2.05, 4.69) is 12.3 Å². The largest absolute Gasteiger partial charge is 0.378 e. The van der Waals surface area contributed by atoms with Gasteiger partial charge < -0.3 is 4.74 Å². The molecule has 14 heavy (non-hydrogen) atoms. The molecule has 2 rings (SSSR count). The van der Waals surface area contributed by atoms with Gasteiger partial charge in [0, 0.05) is 12.6 Å². The molecule has 3 heteroatoms. The molecule has 3 N–H and O–H groups in total. The van der Waals surface area contributed by atoms with Gasteiger partial charge in [-0.2, -0.15) is 0 Å². The van der Waals surface area contributed by atoms with Crippen molar-refractivity contribution in [2.75, 3.05) is 6.61 Å². The Kier molecular flexibility index (Phi) is 3.42. The van der Waals surface area contributed by atoms with Gasteiger partial charge >= 0.3 is 0 Å². The van der Waals surface area contributed by atoms with E-state index >= 15 is 0 Å². The molecule has 0 radical (unpaired) electrons. The van der Waals surface area contributed by atoms with Crippen LogP contribution in [0.25, 0.3) is 0 Å². The lowest BCUT2D eigenvalue weighted by Crippen LogP contribution is -2.42. The summed E-state index contributed by atoms with van der Waals surface area (Å²) in [5.41, 5.74) is 2.97. The summed E-state index contributed by atoms with van der Waals surface area (Å²) >= 11 is 0. The fraction of sp³-hybridized carbons (Fsp3) is 1.00. The molecule has 2 saturated carbocycles. The molecule has 0 aromatic rings. The van der Waals surface area contributed by atoms with Gasteiger partial charge in [-0.05, 0) is 50.9 Å². The summed E-state index contributed by atoms with van der Waals surface area (Å²) in [7, 11) is 0. The summed E-state index contributed by atoms with van der Waals surface area (Å²) < 4.78 is 5.55. The minimum atomic E-state index is 0.544. The van der Waals surface area contributed by atoms with E-state index in [0.717, 1.165) is 18.4 Å². The molecule has 0 aromatic heterocycles. The van der Waals surface area contributed by atoms with Gasteiger partial charge in [0.25, 0.3) is 0 Å². The second-order valence-electron chi connectivity index (χ2n) is 4.76. The first-order valence-electron chi connectivity index (χ1n) is 5.91. The van der Waals surface area contributed by atoms with Crippen LogP contribution in [0, 0.1) is 11.8 Å². The zero-order valence-electron chi connectivity index (χ0n) is 9.04. The van der Waals surface area contributed by atoms with Crippen LogP contribution < -0.4 is 11.3 Å². The summed E-state index contributed by atoms with van der Waals surface area (Å²) in [6, 6.07) is 0.572. The fourth-order valence-electron chi connectivity index (χ4n) is 2.49. The molecule has 2 aliphatic rings. The van der Waals surface area contributed by atoms with E-state index in [1.54, 1.807) is 0 Å². The lowest BCUT2D eigenvalue weighted by molar-refractivity contribution is -0.0296. The van der Waals surface area contributed by atoms with Crippen LogP contribution in [0.3, 0.4) is 0 Å². The van der Waals surface area contributed by atoms with E-state index < -0.39 is 0 Å². The number of nitrogens with two attached hydrogens (primary N) is 1. The SMILES string of the molecule is CCOC1CC(CC(NN)C2CC2)C1. The third kappa shape index (κ3) is 2.47. The van der Waals surface area contributed by atoms with Crippen LogP contribution in [-0.4, -0.2) is 18.8 Å². The van der Waals surface area contributed by atoms with Crippen LogP contribution in [0.5, 0.6) is 0 Å². The highest BCUT2D eigenvalue weighted by molar-refractivity contribution is 4.90. The molecule has 1 unspecified atom stereocenters. The van der Waals surface area contributed by atoms with Gasteiger partial charge in [-0.3, -0.25) is 11.3 Å². The van der Waals surface area contributed by atoms with Crippen molar-refractivity contribution in [1.29, 1.82) is 0 Å². The number of nitrogens with one attached hydrogen (secondary N) is 1. The highest BCUT2D eigenvalue weighted by Gasteiger charge is 2.36. The molecule has 0 aliphatic heterocycles. The summed E-state index contributed by atoms with van der Waals surface area (Å²) in [5.74, 6) is 7.27. The predicted molar refractivity (Wildman–Crippen MR) is 56.6 cm³/mol. The standard InChI is InChI=1S/C11H22N2O/c1-2-14-10-5-8(6-10)7-11(13-12)9-3-4-9/h8-11,13H,2-7,12H2,1H3. The Morgan fingerprint density at radius 3 is 2.64 bits per heavy atom. The van der Waals surface area contributed by atoms with Crippen molar-refractivity contribution in [3.63, 3.8) is 0 Å². The summed E-state index contributed by atoms with van der Waals surface area (Å²) in [4.78, 5) is 0. The number of hydrazine groups is 1. The van der Waals surface area contributed by atoms with Crippen LogP contribution in [0.1, 0.15) is 39.0 Å². The third-order valence-corrected chi connectivity index (χ3v) is 3.59. The molecule has 0 bridgehead atoms. The Bertz CT molecular complexity index is 176. The van der Waals surface area contributed by atoms with Gasteiger partial charge in [-0.1, -0.05) is 0 Å². The zero-order chi connectivity index (χ0) is 9.97. The Morgan fingerprint density at radius 1 is 1.43 bits per heavy atom. The smallest absolute Gasteiger partial charge is 0.0580 e. The van der Waals surface area contributed by atoms with Crippen molar-refractivity contribution in [3.8, 4) is 0 Å². The van der Waals surface area contributed by atoms with Gasteiger partial charge in [0.05, 0.1) is 6.10 Å². The highest BCUT2D eigenvalue weighted by Crippen LogP contribution is 2.40. The molecule has 3 nitrogen and oxygen atoms in total. The Hall–Kier alpha value is -0.120. The Morgan fingerprint density at radius 2 is 2.14 bits per heavy atom. The molecule has 0 spiro atoms. The Balaban J connectivity index is 1.62. The molecule has 1 atom stereocenters. The van der Waals surface area contributed by atoms with Gasteiger partial charge in [0.15, 0.2) is 0 Å². The number of rotatable bonds is 6. The van der Waals surface area contributed by atoms with E-state index in [0.29, 0.717) is 12.1 Å². The van der Waals surface area contributed by atoms with Crippen molar-refractivity contribution in [2.45, 2.75) is 51.2 Å². The molecule has 0 saturated heterocycles. The average Bonchev–Trinajstić information content (AvgIpc) is 2.92. The van der Waals surface area contributed by atoms with E-state index in [4.69, 9.17) is 10.6 Å². The van der Waals surface area contributed by atoms with E-state index in [1.807, 2.05) is 0 Å². The van der Waals surface area contributed by atoms with Gasteiger partial charge in [-0.25, -0.2) is 0 Å². The van der Waals surface area contributed by atoms with Crippen molar-refractivity contribution in [1.82, 2.24) is 5.43 Å². The van der Waals surface area contributed by atoms with E-state index in [1.165, 1.54) is 32.1 Å². The van der Waals surface area contributed by atoms with E-state index in [9.17, 15) is 0 Å². The number of hydrogen-bond acceptors (Lipinski definition) is 3. The van der Waals surface area contributed by atoms with Crippen LogP contribution in [-0.2, 0) is 4.74 Å². The fourth-order valence-corrected chi connectivity index (χ4v) is 2.49. The minimum Gasteiger partial charge on any atom is -0.378 e. The maximum Gasteiger partial charge on any atom is 0.0580 e. The maximum absolute atomic E-state index is 5.55. The first-order valence-corrected chi connectivity index (χ1v) is 5.91. The topological polar surface area (TPSA) is 47.3 Å². The van der Waals surface area contributed by atoms with Crippen molar-refractivity contribution in [3.05, 3.63) is 0 Å². The number of hydrogen-bond donors (Lipinski definition) is 2. The van der Waals surface area contributed by atoms with E-state index in [-0.39, 0.29) is 0 Å². The van der Waals surface area contributed by atoms with Crippen LogP contribution in [0.2, 0.25) is 0 Å². The van der Waals surface area contributed by atoms with Crippen molar-refractivity contribution >= 4 is 0 Å². The monoisotopic (exact) mass is 198 g/mol. The minimum absolute atomic E-state index is 0.544. The third-order valence-electron chi connectivity index (χ3n) is 3.59. The quantitative estimate of drug-likeness (QED) is 0.501. The van der Waals surface area contributed by atoms with Crippen LogP contribution in [0.4, 0.5) is 0 Å². The first kappa shape index (κ1) is 10.4. The zero-order valence-corrected chi connectivity index (χ0v) is 9.04. The molecule has 0 amide bonds. The van der Waals surface area contributed by atoms with Gasteiger partial charge in [-0.15, -0.1) is 0 Å². The Labute approximate surface area is 86.4 Å². The second-order valence-corrected chi connectivity index (χ2v) is 4.76. The molecule has 0 heterocycles. The summed E-state index contributed by atoms with van der Waals surface area (Å²) in [6.07, 6.45) is 7.04. The predicted octanol–water partition coefficient (Wildman–Crippen LogP) is 1.43. The second kappa shape index (κ2) is 4.60. The van der Waals surface area contributed by atoms with Crippen molar-refractivity contribution < 1.29 is 4.74 Å². The molecular formula is C11H22N2O. The number of ether oxygens (including phenoxy) is 1. The average molecular weight is 198 g/mol. The highest BCUT2D eigenvalue weighted by atomic mass is 16.5. The van der Waals surface area contributed by atoms with Crippen molar-refractivity contribution in [2.24, 2.45) is 17.7 Å².